The predicted octanol–water partition coefficient (Wildman–Crippen LogP) is 1.07. The number of carbonyl (C=O) groups excluding carboxylic acids is 1. The van der Waals surface area contributed by atoms with Gasteiger partial charge < -0.3 is 11.1 Å². The Labute approximate surface area is 120 Å². The Morgan fingerprint density at radius 3 is 2.80 bits per heavy atom. The molecule has 0 unspecified atom stereocenters. The third kappa shape index (κ3) is 3.80. The van der Waals surface area contributed by atoms with Gasteiger partial charge in [0.1, 0.15) is 5.82 Å². The Balaban J connectivity index is 1.82. The van der Waals surface area contributed by atoms with E-state index in [1.165, 1.54) is 0 Å². The zero-order chi connectivity index (χ0) is 14.5. The SMILES string of the molecule is CC(C)n1nccc1NC(=O)CN1CCC(CN)CC1. The second-order valence-corrected chi connectivity index (χ2v) is 5.76. The van der Waals surface area contributed by atoms with Gasteiger partial charge in [-0.05, 0) is 52.2 Å². The molecule has 1 fully saturated rings. The Morgan fingerprint density at radius 2 is 2.20 bits per heavy atom. The summed E-state index contributed by atoms with van der Waals surface area (Å²) < 4.78 is 1.82. The summed E-state index contributed by atoms with van der Waals surface area (Å²) in [5, 5.41) is 7.15. The molecule has 0 atom stereocenters. The molecule has 2 rings (SSSR count). The molecule has 0 bridgehead atoms. The number of hydrogen-bond acceptors (Lipinski definition) is 4. The summed E-state index contributed by atoms with van der Waals surface area (Å²) in [7, 11) is 0. The molecule has 1 aromatic heterocycles. The van der Waals surface area contributed by atoms with E-state index < -0.39 is 0 Å². The fourth-order valence-corrected chi connectivity index (χ4v) is 2.59. The Kier molecular flexibility index (Phi) is 5.14. The molecule has 1 amide bonds. The van der Waals surface area contributed by atoms with Crippen LogP contribution in [0.3, 0.4) is 0 Å². The molecular formula is C14H25N5O. The maximum atomic E-state index is 12.1. The van der Waals surface area contributed by atoms with Crippen molar-refractivity contribution in [3.05, 3.63) is 12.3 Å². The number of nitrogens with one attached hydrogen (secondary N) is 1. The van der Waals surface area contributed by atoms with E-state index in [4.69, 9.17) is 5.73 Å². The fourth-order valence-electron chi connectivity index (χ4n) is 2.59. The van der Waals surface area contributed by atoms with Crippen LogP contribution in [0.5, 0.6) is 0 Å². The molecule has 6 heteroatoms. The molecule has 20 heavy (non-hydrogen) atoms. The van der Waals surface area contributed by atoms with Gasteiger partial charge in [0.15, 0.2) is 0 Å². The summed E-state index contributed by atoms with van der Waals surface area (Å²) in [6.45, 7) is 7.20. The van der Waals surface area contributed by atoms with E-state index in [9.17, 15) is 4.79 Å². The van der Waals surface area contributed by atoms with Gasteiger partial charge in [-0.25, -0.2) is 4.68 Å². The van der Waals surface area contributed by atoms with E-state index in [0.717, 1.165) is 38.3 Å². The summed E-state index contributed by atoms with van der Waals surface area (Å²) in [5.74, 6) is 1.41. The van der Waals surface area contributed by atoms with Crippen LogP contribution in [0.2, 0.25) is 0 Å². The Morgan fingerprint density at radius 1 is 1.50 bits per heavy atom. The molecular weight excluding hydrogens is 254 g/mol. The number of amides is 1. The van der Waals surface area contributed by atoms with Crippen molar-refractivity contribution in [3.63, 3.8) is 0 Å². The molecule has 0 radical (unpaired) electrons. The first-order chi connectivity index (χ1) is 9.60. The van der Waals surface area contributed by atoms with E-state index in [1.807, 2.05) is 24.6 Å². The van der Waals surface area contributed by atoms with Crippen molar-refractivity contribution < 1.29 is 4.79 Å². The quantitative estimate of drug-likeness (QED) is 0.845. The third-order valence-corrected chi connectivity index (χ3v) is 3.83. The van der Waals surface area contributed by atoms with Crippen molar-refractivity contribution in [1.82, 2.24) is 14.7 Å². The highest BCUT2D eigenvalue weighted by molar-refractivity contribution is 5.91. The van der Waals surface area contributed by atoms with E-state index in [2.05, 4.69) is 15.3 Å². The highest BCUT2D eigenvalue weighted by Crippen LogP contribution is 2.16. The summed E-state index contributed by atoms with van der Waals surface area (Å²) >= 11 is 0. The molecule has 0 spiro atoms. The van der Waals surface area contributed by atoms with E-state index >= 15 is 0 Å². The largest absolute Gasteiger partial charge is 0.330 e. The van der Waals surface area contributed by atoms with Crippen molar-refractivity contribution in [2.75, 3.05) is 31.5 Å². The number of nitrogens with zero attached hydrogens (tertiary/aromatic N) is 3. The molecule has 1 aliphatic rings. The topological polar surface area (TPSA) is 76.2 Å². The lowest BCUT2D eigenvalue weighted by atomic mass is 9.97. The molecule has 1 aliphatic heterocycles. The van der Waals surface area contributed by atoms with Gasteiger partial charge in [0.25, 0.3) is 0 Å². The first-order valence-electron chi connectivity index (χ1n) is 7.36. The van der Waals surface area contributed by atoms with Crippen molar-refractivity contribution in [2.45, 2.75) is 32.7 Å². The maximum Gasteiger partial charge on any atom is 0.239 e. The average Bonchev–Trinajstić information content (AvgIpc) is 2.87. The summed E-state index contributed by atoms with van der Waals surface area (Å²) in [6.07, 6.45) is 3.89. The number of aromatic nitrogens is 2. The molecule has 112 valence electrons. The predicted molar refractivity (Wildman–Crippen MR) is 79.5 cm³/mol. The molecule has 2 heterocycles. The normalized spacial score (nSPS) is 17.6. The van der Waals surface area contributed by atoms with Gasteiger partial charge in [-0.15, -0.1) is 0 Å². The van der Waals surface area contributed by atoms with Gasteiger partial charge in [-0.2, -0.15) is 5.10 Å². The van der Waals surface area contributed by atoms with Gasteiger partial charge in [-0.3, -0.25) is 9.69 Å². The van der Waals surface area contributed by atoms with Crippen LogP contribution < -0.4 is 11.1 Å². The number of rotatable bonds is 5. The van der Waals surface area contributed by atoms with Gasteiger partial charge in [-0.1, -0.05) is 0 Å². The molecule has 1 aromatic rings. The number of anilines is 1. The maximum absolute atomic E-state index is 12.1. The van der Waals surface area contributed by atoms with E-state index in [-0.39, 0.29) is 11.9 Å². The lowest BCUT2D eigenvalue weighted by Crippen LogP contribution is -2.40. The second kappa shape index (κ2) is 6.85. The minimum absolute atomic E-state index is 0.0265. The van der Waals surface area contributed by atoms with Gasteiger partial charge in [0.2, 0.25) is 5.91 Å². The van der Waals surface area contributed by atoms with Gasteiger partial charge in [0, 0.05) is 12.1 Å². The summed E-state index contributed by atoms with van der Waals surface area (Å²) in [6, 6.07) is 2.07. The lowest BCUT2D eigenvalue weighted by molar-refractivity contribution is -0.117. The van der Waals surface area contributed by atoms with Crippen molar-refractivity contribution >= 4 is 11.7 Å². The lowest BCUT2D eigenvalue weighted by Gasteiger charge is -2.30. The zero-order valence-electron chi connectivity index (χ0n) is 12.4. The number of piperidine rings is 1. The molecule has 0 saturated carbocycles. The molecule has 1 saturated heterocycles. The molecule has 0 aliphatic carbocycles. The summed E-state index contributed by atoms with van der Waals surface area (Å²) in [5.41, 5.74) is 5.68. The number of carbonyl (C=O) groups is 1. The van der Waals surface area contributed by atoms with Crippen LogP contribution in [0, 0.1) is 5.92 Å². The van der Waals surface area contributed by atoms with Crippen LogP contribution in [0.25, 0.3) is 0 Å². The van der Waals surface area contributed by atoms with Crippen LogP contribution in [0.4, 0.5) is 5.82 Å². The van der Waals surface area contributed by atoms with Crippen molar-refractivity contribution in [2.24, 2.45) is 11.7 Å². The first-order valence-corrected chi connectivity index (χ1v) is 7.36. The number of likely N-dealkylation sites (tertiary alicyclic amines) is 1. The monoisotopic (exact) mass is 279 g/mol. The van der Waals surface area contributed by atoms with Gasteiger partial charge >= 0.3 is 0 Å². The van der Waals surface area contributed by atoms with Gasteiger partial charge in [0.05, 0.1) is 12.7 Å². The highest BCUT2D eigenvalue weighted by Gasteiger charge is 2.20. The van der Waals surface area contributed by atoms with Crippen LogP contribution in [0.1, 0.15) is 32.7 Å². The Hall–Kier alpha value is -1.40. The number of hydrogen-bond donors (Lipinski definition) is 2. The molecule has 0 aromatic carbocycles. The van der Waals surface area contributed by atoms with Crippen molar-refractivity contribution in [3.8, 4) is 0 Å². The average molecular weight is 279 g/mol. The van der Waals surface area contributed by atoms with Crippen LogP contribution in [-0.2, 0) is 4.79 Å². The third-order valence-electron chi connectivity index (χ3n) is 3.83. The minimum atomic E-state index is 0.0265. The summed E-state index contributed by atoms with van der Waals surface area (Å²) in [4.78, 5) is 14.3. The van der Waals surface area contributed by atoms with Crippen LogP contribution in [0.15, 0.2) is 12.3 Å². The fraction of sp³-hybridized carbons (Fsp3) is 0.714. The molecule has 3 N–H and O–H groups in total. The highest BCUT2D eigenvalue weighted by atomic mass is 16.2. The standard InChI is InChI=1S/C14H25N5O/c1-11(2)19-13(3-6-16-19)17-14(20)10-18-7-4-12(9-15)5-8-18/h3,6,11-12H,4-5,7-10,15H2,1-2H3,(H,17,20). The van der Waals surface area contributed by atoms with E-state index in [0.29, 0.717) is 12.5 Å². The smallest absolute Gasteiger partial charge is 0.239 e. The zero-order valence-corrected chi connectivity index (χ0v) is 12.4. The molecule has 6 nitrogen and oxygen atoms in total. The van der Waals surface area contributed by atoms with Crippen LogP contribution in [-0.4, -0.2) is 46.8 Å². The van der Waals surface area contributed by atoms with E-state index in [1.54, 1.807) is 6.20 Å². The minimum Gasteiger partial charge on any atom is -0.330 e. The van der Waals surface area contributed by atoms with Crippen molar-refractivity contribution in [1.29, 1.82) is 0 Å². The second-order valence-electron chi connectivity index (χ2n) is 5.76. The van der Waals surface area contributed by atoms with Crippen LogP contribution >= 0.6 is 0 Å². The first kappa shape index (κ1) is 15.0. The number of nitrogens with two attached hydrogens (primary N) is 1. The Bertz CT molecular complexity index is 435.